The van der Waals surface area contributed by atoms with Gasteiger partial charge in [0.2, 0.25) is 5.91 Å². The highest BCUT2D eigenvalue weighted by Crippen LogP contribution is 2.26. The number of nitrogens with one attached hydrogen (secondary N) is 1. The summed E-state index contributed by atoms with van der Waals surface area (Å²) in [4.78, 5) is 14.8. The summed E-state index contributed by atoms with van der Waals surface area (Å²) < 4.78 is 0. The molecular formula is C14H26N2O. The van der Waals surface area contributed by atoms with Crippen molar-refractivity contribution in [2.75, 3.05) is 19.6 Å². The Bertz CT molecular complexity index is 267. The second-order valence-electron chi connectivity index (χ2n) is 5.67. The molecule has 0 aromatic rings. The number of hydrogen-bond acceptors (Lipinski definition) is 2. The van der Waals surface area contributed by atoms with Gasteiger partial charge >= 0.3 is 0 Å². The van der Waals surface area contributed by atoms with Gasteiger partial charge in [0.15, 0.2) is 0 Å². The van der Waals surface area contributed by atoms with Gasteiger partial charge in [-0.15, -0.1) is 0 Å². The SMILES string of the molecule is CCC1CCCCN1C(=O)C1CCNCC1C. The van der Waals surface area contributed by atoms with Crippen LogP contribution in [-0.2, 0) is 4.79 Å². The molecule has 17 heavy (non-hydrogen) atoms. The van der Waals surface area contributed by atoms with Crippen LogP contribution in [-0.4, -0.2) is 36.5 Å². The van der Waals surface area contributed by atoms with Gasteiger partial charge in [0, 0.05) is 18.5 Å². The zero-order valence-electron chi connectivity index (χ0n) is 11.2. The van der Waals surface area contributed by atoms with Crippen LogP contribution >= 0.6 is 0 Å². The summed E-state index contributed by atoms with van der Waals surface area (Å²) in [6.07, 6.45) is 5.84. The van der Waals surface area contributed by atoms with Crippen LogP contribution in [0.4, 0.5) is 0 Å². The van der Waals surface area contributed by atoms with Crippen molar-refractivity contribution in [3.63, 3.8) is 0 Å². The molecule has 3 atom stereocenters. The maximum atomic E-state index is 12.6. The number of hydrogen-bond donors (Lipinski definition) is 1. The Morgan fingerprint density at radius 3 is 2.88 bits per heavy atom. The van der Waals surface area contributed by atoms with E-state index in [2.05, 4.69) is 24.1 Å². The van der Waals surface area contributed by atoms with E-state index in [0.29, 0.717) is 17.9 Å². The first-order chi connectivity index (χ1) is 8.24. The van der Waals surface area contributed by atoms with Crippen LogP contribution in [0.1, 0.15) is 46.0 Å². The molecular weight excluding hydrogens is 212 g/mol. The minimum Gasteiger partial charge on any atom is -0.339 e. The Morgan fingerprint density at radius 1 is 1.35 bits per heavy atom. The van der Waals surface area contributed by atoms with Crippen molar-refractivity contribution in [3.8, 4) is 0 Å². The Morgan fingerprint density at radius 2 is 2.18 bits per heavy atom. The van der Waals surface area contributed by atoms with Gasteiger partial charge in [-0.05, 0) is 51.1 Å². The molecule has 1 amide bonds. The van der Waals surface area contributed by atoms with Gasteiger partial charge in [-0.2, -0.15) is 0 Å². The van der Waals surface area contributed by atoms with E-state index < -0.39 is 0 Å². The van der Waals surface area contributed by atoms with Gasteiger partial charge in [0.25, 0.3) is 0 Å². The van der Waals surface area contributed by atoms with Crippen molar-refractivity contribution in [2.24, 2.45) is 11.8 Å². The van der Waals surface area contributed by atoms with Crippen LogP contribution in [0, 0.1) is 11.8 Å². The van der Waals surface area contributed by atoms with Gasteiger partial charge in [-0.1, -0.05) is 13.8 Å². The van der Waals surface area contributed by atoms with Crippen molar-refractivity contribution in [3.05, 3.63) is 0 Å². The lowest BCUT2D eigenvalue weighted by Crippen LogP contribution is -2.50. The van der Waals surface area contributed by atoms with Crippen LogP contribution in [0.5, 0.6) is 0 Å². The van der Waals surface area contributed by atoms with E-state index in [0.717, 1.165) is 32.5 Å². The lowest BCUT2D eigenvalue weighted by Gasteiger charge is -2.40. The Kier molecular flexibility index (Phi) is 4.43. The van der Waals surface area contributed by atoms with Crippen LogP contribution in [0.25, 0.3) is 0 Å². The molecule has 2 aliphatic rings. The Balaban J connectivity index is 2.01. The normalized spacial score (nSPS) is 34.7. The number of piperidine rings is 2. The molecule has 1 N–H and O–H groups in total. The monoisotopic (exact) mass is 238 g/mol. The molecule has 3 nitrogen and oxygen atoms in total. The van der Waals surface area contributed by atoms with Crippen molar-refractivity contribution in [1.82, 2.24) is 10.2 Å². The van der Waals surface area contributed by atoms with Gasteiger partial charge < -0.3 is 10.2 Å². The minimum atomic E-state index is 0.267. The van der Waals surface area contributed by atoms with Crippen LogP contribution < -0.4 is 5.32 Å². The number of nitrogens with zero attached hydrogens (tertiary/aromatic N) is 1. The molecule has 98 valence electrons. The van der Waals surface area contributed by atoms with Gasteiger partial charge in [-0.25, -0.2) is 0 Å². The highest BCUT2D eigenvalue weighted by molar-refractivity contribution is 5.79. The Hall–Kier alpha value is -0.570. The molecule has 0 saturated carbocycles. The average Bonchev–Trinajstić information content (AvgIpc) is 2.38. The minimum absolute atomic E-state index is 0.267. The largest absolute Gasteiger partial charge is 0.339 e. The molecule has 0 aromatic heterocycles. The number of carbonyl (C=O) groups excluding carboxylic acids is 1. The molecule has 0 radical (unpaired) electrons. The highest BCUT2D eigenvalue weighted by Gasteiger charge is 2.34. The van der Waals surface area contributed by atoms with Crippen molar-refractivity contribution in [1.29, 1.82) is 0 Å². The second kappa shape index (κ2) is 5.85. The number of carbonyl (C=O) groups is 1. The molecule has 0 aliphatic carbocycles. The number of rotatable bonds is 2. The lowest BCUT2D eigenvalue weighted by atomic mass is 9.85. The van der Waals surface area contributed by atoms with E-state index in [1.165, 1.54) is 19.3 Å². The molecule has 2 aliphatic heterocycles. The molecule has 2 fully saturated rings. The Labute approximate surface area is 105 Å². The summed E-state index contributed by atoms with van der Waals surface area (Å²) in [6.45, 7) is 7.42. The number of likely N-dealkylation sites (tertiary alicyclic amines) is 1. The van der Waals surface area contributed by atoms with E-state index in [1.54, 1.807) is 0 Å². The smallest absolute Gasteiger partial charge is 0.226 e. The molecule has 0 aromatic carbocycles. The maximum absolute atomic E-state index is 12.6. The molecule has 2 saturated heterocycles. The van der Waals surface area contributed by atoms with E-state index in [1.807, 2.05) is 0 Å². The maximum Gasteiger partial charge on any atom is 0.226 e. The first-order valence-electron chi connectivity index (χ1n) is 7.25. The van der Waals surface area contributed by atoms with E-state index in [-0.39, 0.29) is 5.92 Å². The van der Waals surface area contributed by atoms with Crippen LogP contribution in [0.2, 0.25) is 0 Å². The van der Waals surface area contributed by atoms with E-state index in [9.17, 15) is 4.79 Å². The molecule has 2 rings (SSSR count). The van der Waals surface area contributed by atoms with Gasteiger partial charge in [-0.3, -0.25) is 4.79 Å². The lowest BCUT2D eigenvalue weighted by molar-refractivity contribution is -0.141. The van der Waals surface area contributed by atoms with Crippen molar-refractivity contribution in [2.45, 2.75) is 52.0 Å². The fourth-order valence-corrected chi connectivity index (χ4v) is 3.31. The first-order valence-corrected chi connectivity index (χ1v) is 7.25. The van der Waals surface area contributed by atoms with Gasteiger partial charge in [0.1, 0.15) is 0 Å². The molecule has 2 heterocycles. The first kappa shape index (κ1) is 12.9. The summed E-state index contributed by atoms with van der Waals surface area (Å²) >= 11 is 0. The van der Waals surface area contributed by atoms with Gasteiger partial charge in [0.05, 0.1) is 0 Å². The summed E-state index contributed by atoms with van der Waals surface area (Å²) in [5.74, 6) is 1.20. The van der Waals surface area contributed by atoms with Crippen LogP contribution in [0.3, 0.4) is 0 Å². The predicted octanol–water partition coefficient (Wildman–Crippen LogP) is 2.02. The third kappa shape index (κ3) is 2.82. The molecule has 3 unspecified atom stereocenters. The molecule has 0 bridgehead atoms. The third-order valence-corrected chi connectivity index (χ3v) is 4.48. The van der Waals surface area contributed by atoms with Crippen molar-refractivity contribution >= 4 is 5.91 Å². The second-order valence-corrected chi connectivity index (χ2v) is 5.67. The average molecular weight is 238 g/mol. The fraction of sp³-hybridized carbons (Fsp3) is 0.929. The summed E-state index contributed by atoms with van der Waals surface area (Å²) in [7, 11) is 0. The van der Waals surface area contributed by atoms with Crippen LogP contribution in [0.15, 0.2) is 0 Å². The summed E-state index contributed by atoms with van der Waals surface area (Å²) in [5, 5.41) is 3.38. The fourth-order valence-electron chi connectivity index (χ4n) is 3.31. The highest BCUT2D eigenvalue weighted by atomic mass is 16.2. The zero-order valence-corrected chi connectivity index (χ0v) is 11.2. The predicted molar refractivity (Wildman–Crippen MR) is 69.8 cm³/mol. The van der Waals surface area contributed by atoms with E-state index in [4.69, 9.17) is 0 Å². The third-order valence-electron chi connectivity index (χ3n) is 4.48. The van der Waals surface area contributed by atoms with Crippen molar-refractivity contribution < 1.29 is 4.79 Å². The number of amides is 1. The summed E-state index contributed by atoms with van der Waals surface area (Å²) in [6, 6.07) is 0.512. The van der Waals surface area contributed by atoms with E-state index >= 15 is 0 Å². The molecule has 3 heteroatoms. The quantitative estimate of drug-likeness (QED) is 0.798. The molecule has 0 spiro atoms. The summed E-state index contributed by atoms with van der Waals surface area (Å²) in [5.41, 5.74) is 0. The zero-order chi connectivity index (χ0) is 12.3. The standard InChI is InChI=1S/C14H26N2O/c1-3-12-6-4-5-9-16(12)14(17)13-7-8-15-10-11(13)2/h11-13,15H,3-10H2,1-2H3. The topological polar surface area (TPSA) is 32.3 Å².